The number of pyridine rings is 1. The van der Waals surface area contributed by atoms with Gasteiger partial charge in [-0.2, -0.15) is 23.5 Å². The van der Waals surface area contributed by atoms with Gasteiger partial charge in [-0.1, -0.05) is 6.07 Å². The zero-order chi connectivity index (χ0) is 14.7. The summed E-state index contributed by atoms with van der Waals surface area (Å²) < 4.78 is 0. The van der Waals surface area contributed by atoms with Crippen molar-refractivity contribution < 1.29 is 9.90 Å². The van der Waals surface area contributed by atoms with Crippen LogP contribution in [0.25, 0.3) is 10.9 Å². The highest BCUT2D eigenvalue weighted by Crippen LogP contribution is 2.25. The van der Waals surface area contributed by atoms with Gasteiger partial charge in [0.2, 0.25) is 0 Å². The summed E-state index contributed by atoms with van der Waals surface area (Å²) in [5.74, 6) is 3.52. The minimum atomic E-state index is -0.918. The van der Waals surface area contributed by atoms with Crippen molar-refractivity contribution in [3.63, 3.8) is 0 Å². The zero-order valence-electron chi connectivity index (χ0n) is 11.4. The summed E-state index contributed by atoms with van der Waals surface area (Å²) in [6, 6.07) is 8.87. The van der Waals surface area contributed by atoms with Gasteiger partial charge in [-0.15, -0.1) is 0 Å². The Hall–Kier alpha value is -1.40. The highest BCUT2D eigenvalue weighted by molar-refractivity contribution is 8.06. The number of anilines is 1. The third-order valence-corrected chi connectivity index (χ3v) is 6.20. The molecule has 2 heterocycles. The summed E-state index contributed by atoms with van der Waals surface area (Å²) in [4.78, 5) is 15.7. The van der Waals surface area contributed by atoms with Gasteiger partial charge in [0.15, 0.2) is 0 Å². The van der Waals surface area contributed by atoms with Crippen LogP contribution in [-0.2, 0) is 0 Å². The number of aromatic nitrogens is 1. The summed E-state index contributed by atoms with van der Waals surface area (Å²) >= 11 is 4.00. The van der Waals surface area contributed by atoms with Crippen molar-refractivity contribution in [2.75, 3.05) is 29.1 Å². The lowest BCUT2D eigenvalue weighted by atomic mass is 10.1. The number of nitrogens with one attached hydrogen (secondary N) is 1. The lowest BCUT2D eigenvalue weighted by molar-refractivity contribution is 0.0699. The first-order chi connectivity index (χ1) is 10.2. The number of hydrogen-bond donors (Lipinski definition) is 2. The quantitative estimate of drug-likeness (QED) is 0.902. The second-order valence-electron chi connectivity index (χ2n) is 4.82. The van der Waals surface area contributed by atoms with Crippen LogP contribution < -0.4 is 5.32 Å². The fourth-order valence-corrected chi connectivity index (χ4v) is 4.92. The minimum absolute atomic E-state index is 0.297. The molecule has 2 N–H and O–H groups in total. The van der Waals surface area contributed by atoms with Crippen LogP contribution in [0.1, 0.15) is 10.4 Å². The third-order valence-electron chi connectivity index (χ3n) is 3.36. The molecule has 0 amide bonds. The van der Waals surface area contributed by atoms with E-state index in [0.29, 0.717) is 21.7 Å². The fourth-order valence-electron chi connectivity index (χ4n) is 2.31. The van der Waals surface area contributed by atoms with Crippen LogP contribution in [0.4, 0.5) is 5.82 Å². The van der Waals surface area contributed by atoms with E-state index in [4.69, 9.17) is 0 Å². The molecule has 21 heavy (non-hydrogen) atoms. The predicted molar refractivity (Wildman–Crippen MR) is 90.8 cm³/mol. The van der Waals surface area contributed by atoms with Crippen LogP contribution in [0.15, 0.2) is 30.3 Å². The van der Waals surface area contributed by atoms with E-state index in [1.165, 1.54) is 17.3 Å². The number of aromatic carboxylic acids is 1. The molecule has 1 fully saturated rings. The van der Waals surface area contributed by atoms with Gasteiger partial charge in [0.1, 0.15) is 5.82 Å². The predicted octanol–water partition coefficient (Wildman–Crippen LogP) is 3.19. The summed E-state index contributed by atoms with van der Waals surface area (Å²) in [7, 11) is 0. The molecule has 1 atom stereocenters. The number of rotatable bonds is 4. The van der Waals surface area contributed by atoms with Crippen molar-refractivity contribution in [1.82, 2.24) is 4.98 Å². The van der Waals surface area contributed by atoms with Crippen LogP contribution in [0, 0.1) is 0 Å². The first kappa shape index (κ1) is 14.5. The normalized spacial score (nSPS) is 18.6. The van der Waals surface area contributed by atoms with Crippen molar-refractivity contribution in [3.8, 4) is 0 Å². The van der Waals surface area contributed by atoms with Crippen LogP contribution in [0.3, 0.4) is 0 Å². The average Bonchev–Trinajstić information content (AvgIpc) is 2.53. The Bertz CT molecular complexity index is 657. The number of fused-ring (bicyclic) bond motifs is 1. The largest absolute Gasteiger partial charge is 0.478 e. The molecular weight excluding hydrogens is 304 g/mol. The van der Waals surface area contributed by atoms with Gasteiger partial charge in [0.25, 0.3) is 0 Å². The van der Waals surface area contributed by atoms with E-state index >= 15 is 0 Å². The van der Waals surface area contributed by atoms with Gasteiger partial charge >= 0.3 is 5.97 Å². The number of thioether (sulfide) groups is 2. The summed E-state index contributed by atoms with van der Waals surface area (Å²) in [5.41, 5.74) is 1.01. The molecule has 6 heteroatoms. The monoisotopic (exact) mass is 320 g/mol. The molecule has 1 aliphatic rings. The number of carboxylic acid groups (broad SMARTS) is 1. The molecule has 110 valence electrons. The van der Waals surface area contributed by atoms with Gasteiger partial charge in [-0.3, -0.25) is 0 Å². The van der Waals surface area contributed by atoms with Crippen molar-refractivity contribution >= 4 is 46.2 Å². The van der Waals surface area contributed by atoms with E-state index in [1.54, 1.807) is 12.1 Å². The maximum Gasteiger partial charge on any atom is 0.336 e. The first-order valence-electron chi connectivity index (χ1n) is 6.80. The lowest BCUT2D eigenvalue weighted by Crippen LogP contribution is -2.23. The van der Waals surface area contributed by atoms with Crippen molar-refractivity contribution in [3.05, 3.63) is 35.9 Å². The molecule has 2 aromatic rings. The highest BCUT2D eigenvalue weighted by atomic mass is 32.2. The number of nitrogens with zero attached hydrogens (tertiary/aromatic N) is 1. The lowest BCUT2D eigenvalue weighted by Gasteiger charge is -2.21. The van der Waals surface area contributed by atoms with E-state index in [-0.39, 0.29) is 0 Å². The Balaban J connectivity index is 1.76. The maximum atomic E-state index is 11.2. The Morgan fingerprint density at radius 1 is 1.33 bits per heavy atom. The van der Waals surface area contributed by atoms with Crippen LogP contribution in [0.2, 0.25) is 0 Å². The number of hydrogen-bond acceptors (Lipinski definition) is 5. The van der Waals surface area contributed by atoms with Crippen LogP contribution in [-0.4, -0.2) is 45.1 Å². The van der Waals surface area contributed by atoms with Crippen molar-refractivity contribution in [2.24, 2.45) is 0 Å². The standard InChI is InChI=1S/C15H16N2O2S2/c18-15(19)12-2-1-3-13-11(12)4-5-14(17-13)16-8-10-9-20-6-7-21-10/h1-5,10H,6-9H2,(H,16,17)(H,18,19). The van der Waals surface area contributed by atoms with Gasteiger partial charge in [0, 0.05) is 34.4 Å². The van der Waals surface area contributed by atoms with Crippen LogP contribution in [0.5, 0.6) is 0 Å². The topological polar surface area (TPSA) is 62.2 Å². The smallest absolute Gasteiger partial charge is 0.336 e. The molecule has 1 aliphatic heterocycles. The molecular formula is C15H16N2O2S2. The van der Waals surface area contributed by atoms with E-state index in [2.05, 4.69) is 10.3 Å². The summed E-state index contributed by atoms with van der Waals surface area (Å²) in [6.45, 7) is 0.898. The summed E-state index contributed by atoms with van der Waals surface area (Å²) in [6.07, 6.45) is 0. The molecule has 1 aromatic heterocycles. The first-order valence-corrected chi connectivity index (χ1v) is 9.00. The third kappa shape index (κ3) is 3.44. The Kier molecular flexibility index (Phi) is 4.55. The van der Waals surface area contributed by atoms with Crippen LogP contribution >= 0.6 is 23.5 Å². The SMILES string of the molecule is O=C(O)c1cccc2nc(NCC3CSCCS3)ccc12. The van der Waals surface area contributed by atoms with Gasteiger partial charge in [-0.25, -0.2) is 9.78 Å². The summed E-state index contributed by atoms with van der Waals surface area (Å²) in [5, 5.41) is 13.8. The highest BCUT2D eigenvalue weighted by Gasteiger charge is 2.14. The number of carbonyl (C=O) groups is 1. The van der Waals surface area contributed by atoms with E-state index in [0.717, 1.165) is 12.4 Å². The average molecular weight is 320 g/mol. The minimum Gasteiger partial charge on any atom is -0.478 e. The number of benzene rings is 1. The molecule has 1 aromatic carbocycles. The Morgan fingerprint density at radius 2 is 2.24 bits per heavy atom. The Morgan fingerprint density at radius 3 is 3.00 bits per heavy atom. The second-order valence-corrected chi connectivity index (χ2v) is 7.38. The van der Waals surface area contributed by atoms with E-state index in [1.807, 2.05) is 41.7 Å². The molecule has 0 bridgehead atoms. The van der Waals surface area contributed by atoms with E-state index in [9.17, 15) is 9.90 Å². The number of carboxylic acids is 1. The van der Waals surface area contributed by atoms with Crippen molar-refractivity contribution in [2.45, 2.75) is 5.25 Å². The molecule has 0 saturated carbocycles. The second kappa shape index (κ2) is 6.58. The van der Waals surface area contributed by atoms with Crippen molar-refractivity contribution in [1.29, 1.82) is 0 Å². The van der Waals surface area contributed by atoms with Gasteiger partial charge in [-0.05, 0) is 24.3 Å². The van der Waals surface area contributed by atoms with Gasteiger partial charge < -0.3 is 10.4 Å². The molecule has 4 nitrogen and oxygen atoms in total. The maximum absolute atomic E-state index is 11.2. The molecule has 1 saturated heterocycles. The fraction of sp³-hybridized carbons (Fsp3) is 0.333. The zero-order valence-corrected chi connectivity index (χ0v) is 13.0. The molecule has 0 radical (unpaired) electrons. The van der Waals surface area contributed by atoms with Gasteiger partial charge in [0.05, 0.1) is 11.1 Å². The molecule has 0 aliphatic carbocycles. The molecule has 1 unspecified atom stereocenters. The Labute approximate surface area is 131 Å². The molecule has 3 rings (SSSR count). The molecule has 0 spiro atoms. The van der Waals surface area contributed by atoms with E-state index < -0.39 is 5.97 Å².